The van der Waals surface area contributed by atoms with Crippen LogP contribution in [-0.4, -0.2) is 23.5 Å². The summed E-state index contributed by atoms with van der Waals surface area (Å²) in [7, 11) is 0. The van der Waals surface area contributed by atoms with Crippen LogP contribution in [-0.2, 0) is 9.59 Å². The molecule has 0 saturated carbocycles. The van der Waals surface area contributed by atoms with Gasteiger partial charge in [0, 0.05) is 6.54 Å². The Kier molecular flexibility index (Phi) is 4.69. The minimum absolute atomic E-state index is 0.149. The molecule has 92 valence electrons. The Balaban J connectivity index is 2.51. The Morgan fingerprint density at radius 1 is 1.24 bits per heavy atom. The van der Waals surface area contributed by atoms with Gasteiger partial charge < -0.3 is 10.4 Å². The molecule has 0 aliphatic carbocycles. The highest BCUT2D eigenvalue weighted by atomic mass is 16.4. The summed E-state index contributed by atoms with van der Waals surface area (Å²) in [5, 5.41) is 11.3. The SMILES string of the molecule is CC(CNC(=O)[C@H](C)c1ccccc1)C(=O)O. The lowest BCUT2D eigenvalue weighted by molar-refractivity contribution is -0.141. The number of amides is 1. The van der Waals surface area contributed by atoms with Gasteiger partial charge in [0.25, 0.3) is 0 Å². The second-order valence-electron chi connectivity index (χ2n) is 4.12. The number of carbonyl (C=O) groups excluding carboxylic acids is 1. The van der Waals surface area contributed by atoms with Gasteiger partial charge in [0.05, 0.1) is 11.8 Å². The number of nitrogens with one attached hydrogen (secondary N) is 1. The van der Waals surface area contributed by atoms with Crippen LogP contribution in [0.1, 0.15) is 25.3 Å². The van der Waals surface area contributed by atoms with Crippen molar-refractivity contribution in [3.8, 4) is 0 Å². The summed E-state index contributed by atoms with van der Waals surface area (Å²) in [6.07, 6.45) is 0. The van der Waals surface area contributed by atoms with Crippen LogP contribution >= 0.6 is 0 Å². The summed E-state index contributed by atoms with van der Waals surface area (Å²) in [6.45, 7) is 3.53. The van der Waals surface area contributed by atoms with Gasteiger partial charge in [-0.15, -0.1) is 0 Å². The predicted molar refractivity (Wildman–Crippen MR) is 64.7 cm³/mol. The largest absolute Gasteiger partial charge is 0.481 e. The van der Waals surface area contributed by atoms with Crippen molar-refractivity contribution in [3.63, 3.8) is 0 Å². The van der Waals surface area contributed by atoms with Gasteiger partial charge in [-0.1, -0.05) is 37.3 Å². The number of carbonyl (C=O) groups is 2. The number of aliphatic carboxylic acids is 1. The van der Waals surface area contributed by atoms with Gasteiger partial charge in [-0.25, -0.2) is 0 Å². The highest BCUT2D eigenvalue weighted by molar-refractivity contribution is 5.83. The molecule has 1 rings (SSSR count). The first-order valence-electron chi connectivity index (χ1n) is 5.58. The lowest BCUT2D eigenvalue weighted by atomic mass is 10.0. The molecule has 1 aromatic carbocycles. The first-order chi connectivity index (χ1) is 8.02. The van der Waals surface area contributed by atoms with E-state index in [2.05, 4.69) is 5.32 Å². The van der Waals surface area contributed by atoms with Crippen LogP contribution in [0.15, 0.2) is 30.3 Å². The van der Waals surface area contributed by atoms with Crippen LogP contribution in [0.4, 0.5) is 0 Å². The molecule has 4 heteroatoms. The van der Waals surface area contributed by atoms with E-state index in [9.17, 15) is 9.59 Å². The van der Waals surface area contributed by atoms with E-state index in [1.165, 1.54) is 0 Å². The molecule has 17 heavy (non-hydrogen) atoms. The Morgan fingerprint density at radius 3 is 2.35 bits per heavy atom. The molecule has 0 fully saturated rings. The third kappa shape index (κ3) is 3.90. The summed E-state index contributed by atoms with van der Waals surface area (Å²) >= 11 is 0. The fourth-order valence-electron chi connectivity index (χ4n) is 1.39. The molecule has 0 aromatic heterocycles. The summed E-state index contributed by atoms with van der Waals surface area (Å²) in [6, 6.07) is 9.40. The van der Waals surface area contributed by atoms with E-state index in [0.29, 0.717) is 0 Å². The van der Waals surface area contributed by atoms with Gasteiger partial charge in [-0.05, 0) is 12.5 Å². The number of carboxylic acid groups (broad SMARTS) is 1. The predicted octanol–water partition coefficient (Wildman–Crippen LogP) is 1.63. The first-order valence-corrected chi connectivity index (χ1v) is 5.58. The summed E-state index contributed by atoms with van der Waals surface area (Å²) in [5.74, 6) is -1.89. The zero-order valence-corrected chi connectivity index (χ0v) is 10.0. The van der Waals surface area contributed by atoms with Crippen LogP contribution in [0.3, 0.4) is 0 Å². The van der Waals surface area contributed by atoms with E-state index in [1.54, 1.807) is 13.8 Å². The topological polar surface area (TPSA) is 66.4 Å². The van der Waals surface area contributed by atoms with Crippen molar-refractivity contribution in [2.24, 2.45) is 5.92 Å². The van der Waals surface area contributed by atoms with Gasteiger partial charge in [-0.2, -0.15) is 0 Å². The van der Waals surface area contributed by atoms with E-state index >= 15 is 0 Å². The van der Waals surface area contributed by atoms with Crippen LogP contribution in [0.5, 0.6) is 0 Å². The van der Waals surface area contributed by atoms with Crippen LogP contribution in [0.25, 0.3) is 0 Å². The smallest absolute Gasteiger partial charge is 0.308 e. The molecule has 0 aliphatic rings. The average molecular weight is 235 g/mol. The highest BCUT2D eigenvalue weighted by Crippen LogP contribution is 2.14. The van der Waals surface area contributed by atoms with Crippen molar-refractivity contribution in [1.29, 1.82) is 0 Å². The quantitative estimate of drug-likeness (QED) is 0.815. The minimum Gasteiger partial charge on any atom is -0.481 e. The van der Waals surface area contributed by atoms with Crippen LogP contribution in [0, 0.1) is 5.92 Å². The molecule has 0 aliphatic heterocycles. The van der Waals surface area contributed by atoms with Gasteiger partial charge in [0.15, 0.2) is 0 Å². The molecule has 0 saturated heterocycles. The normalized spacial score (nSPS) is 13.8. The van der Waals surface area contributed by atoms with E-state index in [0.717, 1.165) is 5.56 Å². The van der Waals surface area contributed by atoms with Crippen molar-refractivity contribution in [3.05, 3.63) is 35.9 Å². The Bertz CT molecular complexity index is 389. The standard InChI is InChI=1S/C13H17NO3/c1-9(13(16)17)8-14-12(15)10(2)11-6-4-3-5-7-11/h3-7,9-10H,8H2,1-2H3,(H,14,15)(H,16,17)/t9?,10-/m1/s1. The molecule has 4 nitrogen and oxygen atoms in total. The van der Waals surface area contributed by atoms with Crippen LogP contribution < -0.4 is 5.32 Å². The summed E-state index contributed by atoms with van der Waals surface area (Å²) in [4.78, 5) is 22.4. The summed E-state index contributed by atoms with van der Waals surface area (Å²) < 4.78 is 0. The number of benzene rings is 1. The van der Waals surface area contributed by atoms with Crippen molar-refractivity contribution >= 4 is 11.9 Å². The molecular weight excluding hydrogens is 218 g/mol. The first kappa shape index (κ1) is 13.2. The second-order valence-corrected chi connectivity index (χ2v) is 4.12. The maximum absolute atomic E-state index is 11.8. The molecular formula is C13H17NO3. The van der Waals surface area contributed by atoms with E-state index in [1.807, 2.05) is 30.3 Å². The maximum atomic E-state index is 11.8. The van der Waals surface area contributed by atoms with Gasteiger partial charge in [0.2, 0.25) is 5.91 Å². The highest BCUT2D eigenvalue weighted by Gasteiger charge is 2.17. The lowest BCUT2D eigenvalue weighted by Gasteiger charge is -2.13. The Labute approximate surface area is 101 Å². The van der Waals surface area contributed by atoms with Crippen molar-refractivity contribution in [1.82, 2.24) is 5.32 Å². The number of rotatable bonds is 5. The Morgan fingerprint density at radius 2 is 1.82 bits per heavy atom. The summed E-state index contributed by atoms with van der Waals surface area (Å²) in [5.41, 5.74) is 0.924. The zero-order valence-electron chi connectivity index (χ0n) is 10.0. The minimum atomic E-state index is -0.905. The van der Waals surface area contributed by atoms with Gasteiger partial charge in [0.1, 0.15) is 0 Å². The molecule has 1 unspecified atom stereocenters. The van der Waals surface area contributed by atoms with Crippen molar-refractivity contribution in [2.45, 2.75) is 19.8 Å². The Hall–Kier alpha value is -1.84. The van der Waals surface area contributed by atoms with Gasteiger partial charge in [-0.3, -0.25) is 9.59 Å². The number of hydrogen-bond acceptors (Lipinski definition) is 2. The molecule has 0 bridgehead atoms. The molecule has 2 N–H and O–H groups in total. The third-order valence-corrected chi connectivity index (χ3v) is 2.70. The van der Waals surface area contributed by atoms with Crippen molar-refractivity contribution in [2.75, 3.05) is 6.54 Å². The second kappa shape index (κ2) is 6.03. The molecule has 0 spiro atoms. The monoisotopic (exact) mass is 235 g/mol. The van der Waals surface area contributed by atoms with E-state index in [-0.39, 0.29) is 18.4 Å². The molecule has 2 atom stereocenters. The molecule has 0 radical (unpaired) electrons. The molecule has 1 amide bonds. The maximum Gasteiger partial charge on any atom is 0.308 e. The fraction of sp³-hybridized carbons (Fsp3) is 0.385. The lowest BCUT2D eigenvalue weighted by Crippen LogP contribution is -2.34. The zero-order chi connectivity index (χ0) is 12.8. The number of carboxylic acids is 1. The number of hydrogen-bond donors (Lipinski definition) is 2. The average Bonchev–Trinajstić information content (AvgIpc) is 2.35. The van der Waals surface area contributed by atoms with Gasteiger partial charge >= 0.3 is 5.97 Å². The fourth-order valence-corrected chi connectivity index (χ4v) is 1.39. The molecule has 0 heterocycles. The van der Waals surface area contributed by atoms with E-state index in [4.69, 9.17) is 5.11 Å². The van der Waals surface area contributed by atoms with Crippen molar-refractivity contribution < 1.29 is 14.7 Å². The van der Waals surface area contributed by atoms with Crippen LogP contribution in [0.2, 0.25) is 0 Å². The van der Waals surface area contributed by atoms with E-state index < -0.39 is 11.9 Å². The third-order valence-electron chi connectivity index (χ3n) is 2.70. The molecule has 1 aromatic rings.